The Balaban J connectivity index is 1.43. The molecule has 0 bridgehead atoms. The molecule has 4 aromatic rings. The van der Waals surface area contributed by atoms with Crippen LogP contribution >= 0.6 is 0 Å². The number of amides is 1. The van der Waals surface area contributed by atoms with Gasteiger partial charge < -0.3 is 15.0 Å². The number of carbonyl (C=O) groups is 1. The van der Waals surface area contributed by atoms with E-state index >= 15 is 0 Å². The normalized spacial score (nSPS) is 11.2. The van der Waals surface area contributed by atoms with Gasteiger partial charge in [0.25, 0.3) is 5.91 Å². The second kappa shape index (κ2) is 7.46. The van der Waals surface area contributed by atoms with Crippen molar-refractivity contribution in [3.05, 3.63) is 53.1 Å². The first-order valence-electron chi connectivity index (χ1n) is 9.46. The Bertz CT molecular complexity index is 1180. The minimum absolute atomic E-state index is 0.180. The van der Waals surface area contributed by atoms with E-state index in [1.54, 1.807) is 13.2 Å². The zero-order valence-corrected chi connectivity index (χ0v) is 17.0. The van der Waals surface area contributed by atoms with Crippen molar-refractivity contribution < 1.29 is 9.53 Å². The highest BCUT2D eigenvalue weighted by molar-refractivity contribution is 5.93. The second-order valence-corrected chi connectivity index (χ2v) is 7.07. The number of methoxy groups -OCH3 is 1. The zero-order valence-electron chi connectivity index (χ0n) is 17.0. The van der Waals surface area contributed by atoms with Crippen LogP contribution in [0.2, 0.25) is 0 Å². The van der Waals surface area contributed by atoms with Crippen molar-refractivity contribution in [2.24, 2.45) is 7.05 Å². The molecule has 1 amide bonds. The lowest BCUT2D eigenvalue weighted by Crippen LogP contribution is -2.25. The Kier molecular flexibility index (Phi) is 4.84. The molecular formula is C21H24N6O2. The van der Waals surface area contributed by atoms with Crippen LogP contribution in [-0.2, 0) is 13.5 Å². The van der Waals surface area contributed by atoms with E-state index in [2.05, 4.69) is 25.6 Å². The third-order valence-corrected chi connectivity index (χ3v) is 5.24. The van der Waals surface area contributed by atoms with Gasteiger partial charge >= 0.3 is 0 Å². The van der Waals surface area contributed by atoms with E-state index in [4.69, 9.17) is 4.74 Å². The van der Waals surface area contributed by atoms with Crippen LogP contribution in [0.25, 0.3) is 22.2 Å². The molecule has 0 spiro atoms. The van der Waals surface area contributed by atoms with Crippen LogP contribution in [0.15, 0.2) is 30.5 Å². The van der Waals surface area contributed by atoms with E-state index < -0.39 is 0 Å². The molecule has 29 heavy (non-hydrogen) atoms. The summed E-state index contributed by atoms with van der Waals surface area (Å²) < 4.78 is 7.12. The van der Waals surface area contributed by atoms with Gasteiger partial charge in [-0.3, -0.25) is 14.6 Å². The van der Waals surface area contributed by atoms with Gasteiger partial charge in [0.15, 0.2) is 0 Å². The molecule has 0 unspecified atom stereocenters. The molecule has 0 radical (unpaired) electrons. The molecule has 1 aromatic carbocycles. The number of fused-ring (bicyclic) bond motifs is 1. The monoisotopic (exact) mass is 392 g/mol. The van der Waals surface area contributed by atoms with E-state index in [1.165, 1.54) is 0 Å². The number of carbonyl (C=O) groups excluding carboxylic acids is 1. The van der Waals surface area contributed by atoms with Gasteiger partial charge in [0.2, 0.25) is 0 Å². The minimum Gasteiger partial charge on any atom is -0.497 e. The van der Waals surface area contributed by atoms with Crippen molar-refractivity contribution in [2.45, 2.75) is 20.3 Å². The highest BCUT2D eigenvalue weighted by Gasteiger charge is 2.17. The fourth-order valence-corrected chi connectivity index (χ4v) is 3.61. The molecule has 150 valence electrons. The number of aromatic amines is 2. The number of nitrogens with zero attached hydrogens (tertiary/aromatic N) is 3. The summed E-state index contributed by atoms with van der Waals surface area (Å²) in [5.41, 5.74) is 6.19. The van der Waals surface area contributed by atoms with E-state index in [-0.39, 0.29) is 5.91 Å². The Morgan fingerprint density at radius 3 is 2.83 bits per heavy atom. The Hall–Kier alpha value is -3.55. The van der Waals surface area contributed by atoms with Crippen LogP contribution in [0, 0.1) is 13.8 Å². The number of hydrogen-bond donors (Lipinski definition) is 3. The molecule has 0 aliphatic rings. The van der Waals surface area contributed by atoms with E-state index in [0.717, 1.165) is 44.9 Å². The van der Waals surface area contributed by atoms with Crippen LogP contribution in [0.3, 0.4) is 0 Å². The summed E-state index contributed by atoms with van der Waals surface area (Å²) >= 11 is 0. The quantitative estimate of drug-likeness (QED) is 0.470. The van der Waals surface area contributed by atoms with Gasteiger partial charge in [0.1, 0.15) is 11.4 Å². The number of benzene rings is 1. The van der Waals surface area contributed by atoms with Gasteiger partial charge in [-0.25, -0.2) is 0 Å². The van der Waals surface area contributed by atoms with Gasteiger partial charge in [-0.2, -0.15) is 10.2 Å². The lowest BCUT2D eigenvalue weighted by Gasteiger charge is -2.04. The third-order valence-electron chi connectivity index (χ3n) is 5.24. The van der Waals surface area contributed by atoms with Crippen LogP contribution in [0.4, 0.5) is 0 Å². The fraction of sp³-hybridized carbons (Fsp3) is 0.286. The first-order chi connectivity index (χ1) is 14.0. The summed E-state index contributed by atoms with van der Waals surface area (Å²) in [7, 11) is 3.55. The molecular weight excluding hydrogens is 368 g/mol. The average molecular weight is 392 g/mol. The maximum atomic E-state index is 12.5. The topological polar surface area (TPSA) is 101 Å². The predicted octanol–water partition coefficient (Wildman–Crippen LogP) is 2.89. The SMILES string of the molecule is COc1ccc2[nH]cc(CCNC(=O)c3cc(-c4c(C)nn(C)c4C)n[nH]3)c2c1. The third kappa shape index (κ3) is 3.49. The van der Waals surface area contributed by atoms with Crippen molar-refractivity contribution in [2.75, 3.05) is 13.7 Å². The van der Waals surface area contributed by atoms with Crippen molar-refractivity contribution in [1.29, 1.82) is 0 Å². The molecule has 8 heteroatoms. The number of nitrogens with one attached hydrogen (secondary N) is 3. The number of H-pyrrole nitrogens is 2. The first-order valence-corrected chi connectivity index (χ1v) is 9.46. The smallest absolute Gasteiger partial charge is 0.269 e. The average Bonchev–Trinajstić information content (AvgIpc) is 3.40. The summed E-state index contributed by atoms with van der Waals surface area (Å²) in [5.74, 6) is 0.633. The van der Waals surface area contributed by atoms with Crippen molar-refractivity contribution >= 4 is 16.8 Å². The maximum absolute atomic E-state index is 12.5. The molecule has 3 aromatic heterocycles. The standard InChI is InChI=1S/C21H24N6O2/c1-12-20(13(2)27(3)26-12)18-10-19(25-24-18)21(28)22-8-7-14-11-23-17-6-5-15(29-4)9-16(14)17/h5-6,9-11,23H,7-8H2,1-4H3,(H,22,28)(H,24,25). The van der Waals surface area contributed by atoms with Gasteiger partial charge in [-0.15, -0.1) is 0 Å². The number of ether oxygens (including phenoxy) is 1. The van der Waals surface area contributed by atoms with Gasteiger partial charge in [-0.1, -0.05) is 0 Å². The van der Waals surface area contributed by atoms with E-state index in [1.807, 2.05) is 50.0 Å². The maximum Gasteiger partial charge on any atom is 0.269 e. The summed E-state index contributed by atoms with van der Waals surface area (Å²) in [6, 6.07) is 7.68. The summed E-state index contributed by atoms with van der Waals surface area (Å²) in [6.45, 7) is 4.44. The predicted molar refractivity (Wildman–Crippen MR) is 111 cm³/mol. The van der Waals surface area contributed by atoms with Gasteiger partial charge in [0.05, 0.1) is 18.5 Å². The van der Waals surface area contributed by atoms with E-state index in [0.29, 0.717) is 18.7 Å². The van der Waals surface area contributed by atoms with Crippen molar-refractivity contribution in [1.82, 2.24) is 30.3 Å². The Labute approximate surface area is 168 Å². The number of hydrogen-bond acceptors (Lipinski definition) is 4. The molecule has 8 nitrogen and oxygen atoms in total. The van der Waals surface area contributed by atoms with Crippen molar-refractivity contribution in [3.8, 4) is 17.0 Å². The molecule has 0 saturated carbocycles. The molecule has 4 rings (SSSR count). The zero-order chi connectivity index (χ0) is 20.5. The molecule has 3 heterocycles. The number of rotatable bonds is 6. The minimum atomic E-state index is -0.180. The first kappa shape index (κ1) is 18.8. The van der Waals surface area contributed by atoms with Crippen molar-refractivity contribution in [3.63, 3.8) is 0 Å². The molecule has 0 aliphatic heterocycles. The Morgan fingerprint density at radius 2 is 2.10 bits per heavy atom. The lowest BCUT2D eigenvalue weighted by molar-refractivity contribution is 0.0949. The molecule has 0 saturated heterocycles. The van der Waals surface area contributed by atoms with Crippen LogP contribution in [0.5, 0.6) is 5.75 Å². The summed E-state index contributed by atoms with van der Waals surface area (Å²) in [4.78, 5) is 15.8. The summed E-state index contributed by atoms with van der Waals surface area (Å²) in [6.07, 6.45) is 2.68. The molecule has 3 N–H and O–H groups in total. The highest BCUT2D eigenvalue weighted by Crippen LogP contribution is 2.25. The Morgan fingerprint density at radius 1 is 1.28 bits per heavy atom. The van der Waals surface area contributed by atoms with Crippen LogP contribution in [0.1, 0.15) is 27.4 Å². The number of aryl methyl sites for hydroxylation is 2. The van der Waals surface area contributed by atoms with Crippen LogP contribution in [-0.4, -0.2) is 44.5 Å². The van der Waals surface area contributed by atoms with Gasteiger partial charge in [0, 0.05) is 41.9 Å². The van der Waals surface area contributed by atoms with E-state index in [9.17, 15) is 4.79 Å². The van der Waals surface area contributed by atoms with Gasteiger partial charge in [-0.05, 0) is 50.1 Å². The molecule has 0 aliphatic carbocycles. The lowest BCUT2D eigenvalue weighted by atomic mass is 10.1. The largest absolute Gasteiger partial charge is 0.497 e. The second-order valence-electron chi connectivity index (χ2n) is 7.07. The fourth-order valence-electron chi connectivity index (χ4n) is 3.61. The highest BCUT2D eigenvalue weighted by atomic mass is 16.5. The number of aromatic nitrogens is 5. The molecule has 0 fully saturated rings. The molecule has 0 atom stereocenters. The summed E-state index contributed by atoms with van der Waals surface area (Å²) in [5, 5.41) is 15.6. The van der Waals surface area contributed by atoms with Crippen LogP contribution < -0.4 is 10.1 Å².